The van der Waals surface area contributed by atoms with Gasteiger partial charge in [-0.3, -0.25) is 14.9 Å². The molecule has 1 rings (SSSR count). The van der Waals surface area contributed by atoms with Gasteiger partial charge in [0.15, 0.2) is 0 Å². The highest BCUT2D eigenvalue weighted by Gasteiger charge is 2.19. The highest BCUT2D eigenvalue weighted by Crippen LogP contribution is 2.22. The fourth-order valence-electron chi connectivity index (χ4n) is 1.98. The lowest BCUT2D eigenvalue weighted by Gasteiger charge is -2.16. The summed E-state index contributed by atoms with van der Waals surface area (Å²) in [5.41, 5.74) is 0.174. The lowest BCUT2D eigenvalue weighted by Crippen LogP contribution is -2.24. The molecule has 0 heterocycles. The zero-order valence-corrected chi connectivity index (χ0v) is 11.9. The van der Waals surface area contributed by atoms with E-state index in [1.54, 1.807) is 6.07 Å². The van der Waals surface area contributed by atoms with Crippen molar-refractivity contribution >= 4 is 17.3 Å². The number of hydrogen-bond donors (Lipinski definition) is 2. The van der Waals surface area contributed by atoms with E-state index in [-0.39, 0.29) is 23.7 Å². The Bertz CT molecular complexity index is 578. The van der Waals surface area contributed by atoms with Crippen LogP contribution in [0, 0.1) is 33.3 Å². The molecule has 2 N–H and O–H groups in total. The molecule has 0 saturated carbocycles. The Hall–Kier alpha value is -2.62. The van der Waals surface area contributed by atoms with Crippen LogP contribution in [0.1, 0.15) is 25.8 Å². The number of nitrogens with one attached hydrogen (secondary N) is 1. The van der Waals surface area contributed by atoms with Crippen LogP contribution in [0.5, 0.6) is 0 Å². The van der Waals surface area contributed by atoms with E-state index >= 15 is 0 Å². The number of nitro benzene ring substituents is 1. The number of nitro groups is 1. The molecule has 0 radical (unpaired) electrons. The van der Waals surface area contributed by atoms with Crippen molar-refractivity contribution in [2.24, 2.45) is 11.8 Å². The molecule has 0 saturated heterocycles. The van der Waals surface area contributed by atoms with Crippen molar-refractivity contribution in [2.45, 2.75) is 20.3 Å². The average Bonchev–Trinajstić information content (AvgIpc) is 2.42. The molecular weight excluding hydrogens is 274 g/mol. The van der Waals surface area contributed by atoms with E-state index in [1.165, 1.54) is 18.2 Å². The van der Waals surface area contributed by atoms with E-state index in [1.807, 2.05) is 13.8 Å². The molecular formula is C14H17N3O4. The molecule has 1 atom stereocenters. The van der Waals surface area contributed by atoms with Crippen LogP contribution >= 0.6 is 0 Å². The summed E-state index contributed by atoms with van der Waals surface area (Å²) in [7, 11) is 0. The van der Waals surface area contributed by atoms with Crippen LogP contribution in [0.3, 0.4) is 0 Å². The summed E-state index contributed by atoms with van der Waals surface area (Å²) < 4.78 is 0. The molecule has 1 aromatic rings. The van der Waals surface area contributed by atoms with Gasteiger partial charge in [0.25, 0.3) is 5.69 Å². The normalized spacial score (nSPS) is 11.7. The van der Waals surface area contributed by atoms with Gasteiger partial charge in [-0.15, -0.1) is 0 Å². The van der Waals surface area contributed by atoms with Gasteiger partial charge < -0.3 is 10.4 Å². The molecule has 21 heavy (non-hydrogen) atoms. The Balaban J connectivity index is 2.82. The van der Waals surface area contributed by atoms with Crippen molar-refractivity contribution in [3.05, 3.63) is 33.9 Å². The first-order valence-corrected chi connectivity index (χ1v) is 6.50. The molecule has 1 unspecified atom stereocenters. The quantitative estimate of drug-likeness (QED) is 0.589. The van der Waals surface area contributed by atoms with Gasteiger partial charge in [0.1, 0.15) is 11.6 Å². The Morgan fingerprint density at radius 3 is 2.67 bits per heavy atom. The van der Waals surface area contributed by atoms with Crippen LogP contribution in [0.2, 0.25) is 0 Å². The minimum absolute atomic E-state index is 0.0549. The average molecular weight is 291 g/mol. The van der Waals surface area contributed by atoms with E-state index in [2.05, 4.69) is 5.32 Å². The molecule has 0 aromatic heterocycles. The molecule has 0 bridgehead atoms. The van der Waals surface area contributed by atoms with Crippen molar-refractivity contribution in [1.82, 2.24) is 0 Å². The summed E-state index contributed by atoms with van der Waals surface area (Å²) >= 11 is 0. The van der Waals surface area contributed by atoms with Gasteiger partial charge in [0.2, 0.25) is 0 Å². The van der Waals surface area contributed by atoms with E-state index in [0.29, 0.717) is 12.1 Å². The minimum atomic E-state index is -0.890. The molecule has 7 nitrogen and oxygen atoms in total. The molecule has 7 heteroatoms. The number of aliphatic carboxylic acids is 1. The highest BCUT2D eigenvalue weighted by atomic mass is 16.6. The van der Waals surface area contributed by atoms with Crippen LogP contribution in [0.15, 0.2) is 18.2 Å². The largest absolute Gasteiger partial charge is 0.481 e. The second kappa shape index (κ2) is 7.24. The number of benzene rings is 1. The maximum Gasteiger partial charge on any atom is 0.308 e. The third kappa shape index (κ3) is 4.76. The van der Waals surface area contributed by atoms with Crippen LogP contribution in [-0.2, 0) is 4.79 Å². The Labute approximate surface area is 122 Å². The monoisotopic (exact) mass is 291 g/mol. The Morgan fingerprint density at radius 1 is 1.52 bits per heavy atom. The third-order valence-corrected chi connectivity index (χ3v) is 2.97. The molecule has 0 aliphatic heterocycles. The molecule has 0 amide bonds. The molecule has 0 spiro atoms. The zero-order valence-electron chi connectivity index (χ0n) is 11.9. The SMILES string of the molecule is CC(C)CC(CNc1ccc([N+](=O)[O-])c(C#N)c1)C(=O)O. The fraction of sp³-hybridized carbons (Fsp3) is 0.429. The molecule has 0 aliphatic carbocycles. The second-order valence-corrected chi connectivity index (χ2v) is 5.15. The lowest BCUT2D eigenvalue weighted by molar-refractivity contribution is -0.385. The van der Waals surface area contributed by atoms with Gasteiger partial charge in [-0.25, -0.2) is 0 Å². The number of carboxylic acid groups (broad SMARTS) is 1. The van der Waals surface area contributed by atoms with Crippen molar-refractivity contribution in [1.29, 1.82) is 5.26 Å². The fourth-order valence-corrected chi connectivity index (χ4v) is 1.98. The van der Waals surface area contributed by atoms with Gasteiger partial charge in [-0.05, 0) is 24.5 Å². The third-order valence-electron chi connectivity index (χ3n) is 2.97. The van der Waals surface area contributed by atoms with Gasteiger partial charge in [0, 0.05) is 18.3 Å². The highest BCUT2D eigenvalue weighted by molar-refractivity contribution is 5.71. The van der Waals surface area contributed by atoms with E-state index in [0.717, 1.165) is 0 Å². The van der Waals surface area contributed by atoms with Crippen molar-refractivity contribution < 1.29 is 14.8 Å². The summed E-state index contributed by atoms with van der Waals surface area (Å²) in [5.74, 6) is -1.19. The van der Waals surface area contributed by atoms with Gasteiger partial charge >= 0.3 is 5.97 Å². The number of carbonyl (C=O) groups is 1. The van der Waals surface area contributed by atoms with Crippen LogP contribution < -0.4 is 5.32 Å². The van der Waals surface area contributed by atoms with Crippen LogP contribution in [0.4, 0.5) is 11.4 Å². The smallest absolute Gasteiger partial charge is 0.308 e. The van der Waals surface area contributed by atoms with Crippen LogP contribution in [-0.4, -0.2) is 22.5 Å². The number of nitriles is 1. The topological polar surface area (TPSA) is 116 Å². The summed E-state index contributed by atoms with van der Waals surface area (Å²) in [6, 6.07) is 5.82. The van der Waals surface area contributed by atoms with E-state index < -0.39 is 16.8 Å². The molecule has 1 aromatic carbocycles. The lowest BCUT2D eigenvalue weighted by atomic mass is 9.97. The van der Waals surface area contributed by atoms with Crippen molar-refractivity contribution in [3.8, 4) is 6.07 Å². The van der Waals surface area contributed by atoms with Gasteiger partial charge in [-0.1, -0.05) is 13.8 Å². The first kappa shape index (κ1) is 16.4. The standard InChI is InChI=1S/C14H17N3O4/c1-9(2)5-11(14(18)19)8-16-12-3-4-13(17(20)21)10(6-12)7-15/h3-4,6,9,11,16H,5,8H2,1-2H3,(H,18,19). The molecule has 0 aliphatic rings. The molecule has 112 valence electrons. The maximum absolute atomic E-state index is 11.1. The van der Waals surface area contributed by atoms with E-state index in [9.17, 15) is 14.9 Å². The van der Waals surface area contributed by atoms with Gasteiger partial charge in [-0.2, -0.15) is 5.26 Å². The predicted molar refractivity (Wildman–Crippen MR) is 76.9 cm³/mol. The zero-order chi connectivity index (χ0) is 16.0. The van der Waals surface area contributed by atoms with Crippen molar-refractivity contribution in [2.75, 3.05) is 11.9 Å². The number of carboxylic acids is 1. The Morgan fingerprint density at radius 2 is 2.19 bits per heavy atom. The Kier molecular flexibility index (Phi) is 5.67. The first-order chi connectivity index (χ1) is 9.85. The van der Waals surface area contributed by atoms with Crippen LogP contribution in [0.25, 0.3) is 0 Å². The summed E-state index contributed by atoms with van der Waals surface area (Å²) in [4.78, 5) is 21.2. The number of anilines is 1. The molecule has 0 fully saturated rings. The maximum atomic E-state index is 11.1. The second-order valence-electron chi connectivity index (χ2n) is 5.15. The predicted octanol–water partition coefficient (Wildman–Crippen LogP) is 2.63. The number of nitrogens with zero attached hydrogens (tertiary/aromatic N) is 2. The minimum Gasteiger partial charge on any atom is -0.481 e. The summed E-state index contributed by atoms with van der Waals surface area (Å²) in [6.07, 6.45) is 0.528. The van der Waals surface area contributed by atoms with Gasteiger partial charge in [0.05, 0.1) is 10.8 Å². The number of hydrogen-bond acceptors (Lipinski definition) is 5. The van der Waals surface area contributed by atoms with E-state index in [4.69, 9.17) is 10.4 Å². The van der Waals surface area contributed by atoms with Crippen molar-refractivity contribution in [3.63, 3.8) is 0 Å². The summed E-state index contributed by atoms with van der Waals surface area (Å²) in [5, 5.41) is 31.7. The number of rotatable bonds is 7. The summed E-state index contributed by atoms with van der Waals surface area (Å²) in [6.45, 7) is 4.08. The first-order valence-electron chi connectivity index (χ1n) is 6.50.